The summed E-state index contributed by atoms with van der Waals surface area (Å²) in [4.78, 5) is 43.8. The molecule has 37 heavy (non-hydrogen) atoms. The molecule has 1 fully saturated rings. The van der Waals surface area contributed by atoms with Crippen molar-refractivity contribution in [2.24, 2.45) is 17.8 Å². The maximum absolute atomic E-state index is 13.9. The molecule has 10 nitrogen and oxygen atoms in total. The molecule has 2 aliphatic rings. The second kappa shape index (κ2) is 9.11. The highest BCUT2D eigenvalue weighted by molar-refractivity contribution is 6.04. The van der Waals surface area contributed by atoms with Crippen molar-refractivity contribution < 1.29 is 0 Å². The highest BCUT2D eigenvalue weighted by Gasteiger charge is 2.27. The van der Waals surface area contributed by atoms with Gasteiger partial charge >= 0.3 is 5.69 Å². The standard InChI is InChI=1S/C27H30N8O2/c1-3-34-23-24(31-26(34)33-13-7-9-18(28)15-33)32(2)27(37)35(25(23)36)16-22-19-10-5-4-8-17(19)14-21-20(30-22)11-6-12-29-21/h4-6,8,10-12,18H,3,7,9,13-16,28H2,1-2H3. The van der Waals surface area contributed by atoms with Gasteiger partial charge in [-0.15, -0.1) is 0 Å². The van der Waals surface area contributed by atoms with Crippen LogP contribution in [-0.2, 0) is 26.6 Å². The Bertz CT molecular complexity index is 1660. The lowest BCUT2D eigenvalue weighted by atomic mass is 10.00. The zero-order chi connectivity index (χ0) is 25.7. The third kappa shape index (κ3) is 3.88. The maximum Gasteiger partial charge on any atom is 0.332 e. The van der Waals surface area contributed by atoms with E-state index in [2.05, 4.69) is 9.88 Å². The van der Waals surface area contributed by atoms with E-state index in [9.17, 15) is 9.59 Å². The van der Waals surface area contributed by atoms with Crippen molar-refractivity contribution in [3.8, 4) is 0 Å². The fourth-order valence-electron chi connectivity index (χ4n) is 5.51. The molecule has 1 unspecified atom stereocenters. The molecule has 3 aromatic heterocycles. The number of rotatable bonds is 4. The topological polar surface area (TPSA) is 116 Å². The zero-order valence-electron chi connectivity index (χ0n) is 21.1. The van der Waals surface area contributed by atoms with Gasteiger partial charge in [0.1, 0.15) is 0 Å². The Balaban J connectivity index is 1.52. The molecule has 10 heteroatoms. The van der Waals surface area contributed by atoms with Crippen LogP contribution in [0.15, 0.2) is 57.2 Å². The number of nitrogens with zero attached hydrogens (tertiary/aromatic N) is 7. The van der Waals surface area contributed by atoms with Crippen molar-refractivity contribution in [2.75, 3.05) is 18.0 Å². The number of aryl methyl sites for hydroxylation is 2. The summed E-state index contributed by atoms with van der Waals surface area (Å²) in [6.07, 6.45) is 4.33. The van der Waals surface area contributed by atoms with Gasteiger partial charge in [-0.05, 0) is 37.5 Å². The number of pyridine rings is 1. The number of aromatic nitrogens is 5. The number of fused-ring (bicyclic) bond motifs is 3. The number of aliphatic imine (C=N–C) groups is 1. The summed E-state index contributed by atoms with van der Waals surface area (Å²) >= 11 is 0. The Morgan fingerprint density at radius 2 is 1.95 bits per heavy atom. The average Bonchev–Trinajstić information content (AvgIpc) is 3.23. The molecule has 0 aliphatic carbocycles. The van der Waals surface area contributed by atoms with Gasteiger partial charge in [0.15, 0.2) is 11.2 Å². The predicted molar refractivity (Wildman–Crippen MR) is 144 cm³/mol. The lowest BCUT2D eigenvalue weighted by Gasteiger charge is -2.31. The summed E-state index contributed by atoms with van der Waals surface area (Å²) in [7, 11) is 1.67. The van der Waals surface area contributed by atoms with Gasteiger partial charge < -0.3 is 15.2 Å². The quantitative estimate of drug-likeness (QED) is 0.460. The molecule has 1 atom stereocenters. The van der Waals surface area contributed by atoms with Crippen LogP contribution in [0.3, 0.4) is 0 Å². The fraction of sp³-hybridized carbons (Fsp3) is 0.370. The number of imidazole rings is 1. The first kappa shape index (κ1) is 23.4. The van der Waals surface area contributed by atoms with Gasteiger partial charge in [0, 0.05) is 50.9 Å². The molecule has 190 valence electrons. The number of hydrogen-bond donors (Lipinski definition) is 1. The lowest BCUT2D eigenvalue weighted by Crippen LogP contribution is -2.44. The minimum Gasteiger partial charge on any atom is -0.341 e. The van der Waals surface area contributed by atoms with Crippen LogP contribution in [0.4, 0.5) is 11.6 Å². The Kier molecular flexibility index (Phi) is 5.75. The minimum absolute atomic E-state index is 0.0472. The first-order valence-electron chi connectivity index (χ1n) is 12.8. The number of anilines is 1. The van der Waals surface area contributed by atoms with Crippen molar-refractivity contribution in [2.45, 2.75) is 45.3 Å². The van der Waals surface area contributed by atoms with Crippen molar-refractivity contribution in [3.05, 3.63) is 80.3 Å². The van der Waals surface area contributed by atoms with Crippen LogP contribution in [0, 0.1) is 0 Å². The van der Waals surface area contributed by atoms with Gasteiger partial charge in [-0.25, -0.2) is 9.79 Å². The van der Waals surface area contributed by atoms with Crippen LogP contribution in [-0.4, -0.2) is 48.5 Å². The first-order valence-corrected chi connectivity index (χ1v) is 12.8. The SMILES string of the molecule is CCn1c(N2CCCC(N)C2)nc2c1c(=O)n(CC1=Nc3cccnc3Cc3ccccc31)c(=O)n2C. The van der Waals surface area contributed by atoms with Crippen LogP contribution < -0.4 is 21.9 Å². The van der Waals surface area contributed by atoms with Gasteiger partial charge in [-0.1, -0.05) is 24.3 Å². The molecule has 5 heterocycles. The van der Waals surface area contributed by atoms with Gasteiger partial charge in [-0.2, -0.15) is 4.98 Å². The zero-order valence-corrected chi connectivity index (χ0v) is 21.1. The van der Waals surface area contributed by atoms with Crippen LogP contribution in [0.2, 0.25) is 0 Å². The van der Waals surface area contributed by atoms with Crippen LogP contribution in [0.1, 0.15) is 36.6 Å². The Hall–Kier alpha value is -4.05. The molecular weight excluding hydrogens is 468 g/mol. The minimum atomic E-state index is -0.420. The molecule has 0 saturated carbocycles. The molecule has 0 bridgehead atoms. The number of hydrogen-bond acceptors (Lipinski definition) is 7. The molecule has 4 aromatic rings. The number of nitrogens with two attached hydrogens (primary N) is 1. The highest BCUT2D eigenvalue weighted by atomic mass is 16.2. The smallest absolute Gasteiger partial charge is 0.332 e. The van der Waals surface area contributed by atoms with Gasteiger partial charge in [0.25, 0.3) is 5.56 Å². The van der Waals surface area contributed by atoms with E-state index < -0.39 is 5.69 Å². The predicted octanol–water partition coefficient (Wildman–Crippen LogP) is 1.96. The molecule has 2 aliphatic heterocycles. The van der Waals surface area contributed by atoms with Crippen molar-refractivity contribution >= 4 is 28.5 Å². The molecule has 1 saturated heterocycles. The van der Waals surface area contributed by atoms with E-state index in [4.69, 9.17) is 15.7 Å². The van der Waals surface area contributed by atoms with Crippen LogP contribution >= 0.6 is 0 Å². The lowest BCUT2D eigenvalue weighted by molar-refractivity contribution is 0.494. The van der Waals surface area contributed by atoms with Crippen molar-refractivity contribution in [1.29, 1.82) is 0 Å². The summed E-state index contributed by atoms with van der Waals surface area (Å²) < 4.78 is 4.65. The van der Waals surface area contributed by atoms with E-state index in [0.29, 0.717) is 42.3 Å². The monoisotopic (exact) mass is 498 g/mol. The van der Waals surface area contributed by atoms with Gasteiger partial charge in [0.05, 0.1) is 23.6 Å². The summed E-state index contributed by atoms with van der Waals surface area (Å²) in [6, 6.07) is 11.8. The molecule has 2 N–H and O–H groups in total. The van der Waals surface area contributed by atoms with Crippen LogP contribution in [0.25, 0.3) is 11.2 Å². The summed E-state index contributed by atoms with van der Waals surface area (Å²) in [5.41, 5.74) is 10.5. The Morgan fingerprint density at radius 3 is 2.76 bits per heavy atom. The molecule has 0 radical (unpaired) electrons. The van der Waals surface area contributed by atoms with Crippen molar-refractivity contribution in [1.82, 2.24) is 23.7 Å². The second-order valence-corrected chi connectivity index (χ2v) is 9.77. The second-order valence-electron chi connectivity index (χ2n) is 9.77. The summed E-state index contributed by atoms with van der Waals surface area (Å²) in [6.45, 7) is 4.07. The molecule has 0 amide bonds. The first-order chi connectivity index (χ1) is 18.0. The molecule has 6 rings (SSSR count). The molecular formula is C27H30N8O2. The van der Waals surface area contributed by atoms with E-state index in [1.807, 2.05) is 47.9 Å². The number of benzene rings is 1. The van der Waals surface area contributed by atoms with Gasteiger partial charge in [0.2, 0.25) is 5.95 Å². The van der Waals surface area contributed by atoms with E-state index in [0.717, 1.165) is 41.9 Å². The average molecular weight is 499 g/mol. The van der Waals surface area contributed by atoms with E-state index >= 15 is 0 Å². The largest absolute Gasteiger partial charge is 0.341 e. The van der Waals surface area contributed by atoms with Crippen molar-refractivity contribution in [3.63, 3.8) is 0 Å². The number of piperidine rings is 1. The van der Waals surface area contributed by atoms with Crippen LogP contribution in [0.5, 0.6) is 0 Å². The third-order valence-electron chi connectivity index (χ3n) is 7.38. The van der Waals surface area contributed by atoms with Gasteiger partial charge in [-0.3, -0.25) is 18.9 Å². The maximum atomic E-state index is 13.9. The van der Waals surface area contributed by atoms with E-state index in [1.54, 1.807) is 13.2 Å². The summed E-state index contributed by atoms with van der Waals surface area (Å²) in [5, 5.41) is 0. The Morgan fingerprint density at radius 1 is 1.11 bits per heavy atom. The van der Waals surface area contributed by atoms with E-state index in [-0.39, 0.29) is 18.1 Å². The third-order valence-corrected chi connectivity index (χ3v) is 7.38. The molecule has 0 spiro atoms. The molecule has 1 aromatic carbocycles. The van der Waals surface area contributed by atoms with E-state index in [1.165, 1.54) is 9.13 Å². The normalized spacial score (nSPS) is 17.3. The highest BCUT2D eigenvalue weighted by Crippen LogP contribution is 2.28. The summed E-state index contributed by atoms with van der Waals surface area (Å²) in [5.74, 6) is 0.689. The fourth-order valence-corrected chi connectivity index (χ4v) is 5.51. The Labute approximate surface area is 213 Å².